The van der Waals surface area contributed by atoms with Crippen molar-refractivity contribution in [2.45, 2.75) is 25.9 Å². The maximum atomic E-state index is 6.30. The molecule has 3 fully saturated rings. The van der Waals surface area contributed by atoms with Gasteiger partial charge in [-0.2, -0.15) is 0 Å². The van der Waals surface area contributed by atoms with Gasteiger partial charge in [0.25, 0.3) is 0 Å². The van der Waals surface area contributed by atoms with Crippen LogP contribution < -0.4 is 4.74 Å². The van der Waals surface area contributed by atoms with Crippen LogP contribution in [0.3, 0.4) is 0 Å². The van der Waals surface area contributed by atoms with Gasteiger partial charge in [-0.3, -0.25) is 4.90 Å². The second-order valence-corrected chi connectivity index (χ2v) is 6.94. The second-order valence-electron chi connectivity index (χ2n) is 6.53. The standard InChI is InChI=1S/C18H20ClN3O/c1-12-2-3-14(15(19)10-12)16-4-5-18(21-20-16)23-17-11-22-8-6-13(17)7-9-22/h2-5,10,13,17H,6-9,11H2,1H3/t17-/m0/s1. The number of aryl methyl sites for hydroxylation is 1. The Bertz CT molecular complexity index is 696. The van der Waals surface area contributed by atoms with Crippen molar-refractivity contribution in [2.24, 2.45) is 5.92 Å². The molecule has 1 atom stereocenters. The maximum Gasteiger partial charge on any atom is 0.233 e. The molecular formula is C18H20ClN3O. The molecule has 23 heavy (non-hydrogen) atoms. The van der Waals surface area contributed by atoms with Crippen LogP contribution in [-0.4, -0.2) is 40.8 Å². The van der Waals surface area contributed by atoms with Gasteiger partial charge in [0.1, 0.15) is 6.10 Å². The number of hydrogen-bond donors (Lipinski definition) is 0. The Kier molecular flexibility index (Phi) is 3.95. The molecule has 5 rings (SSSR count). The Morgan fingerprint density at radius 1 is 1.13 bits per heavy atom. The van der Waals surface area contributed by atoms with Crippen molar-refractivity contribution in [2.75, 3.05) is 19.6 Å². The number of piperidine rings is 3. The average molecular weight is 330 g/mol. The molecule has 0 N–H and O–H groups in total. The molecule has 5 heteroatoms. The molecule has 3 aliphatic heterocycles. The number of ether oxygens (including phenoxy) is 1. The summed E-state index contributed by atoms with van der Waals surface area (Å²) < 4.78 is 6.08. The van der Waals surface area contributed by atoms with Crippen molar-refractivity contribution >= 4 is 11.6 Å². The van der Waals surface area contributed by atoms with E-state index in [0.717, 1.165) is 23.4 Å². The van der Waals surface area contributed by atoms with Crippen molar-refractivity contribution in [1.82, 2.24) is 15.1 Å². The van der Waals surface area contributed by atoms with Gasteiger partial charge < -0.3 is 4.74 Å². The number of hydrogen-bond acceptors (Lipinski definition) is 4. The Morgan fingerprint density at radius 3 is 2.57 bits per heavy atom. The minimum Gasteiger partial charge on any atom is -0.472 e. The third kappa shape index (κ3) is 3.06. The van der Waals surface area contributed by atoms with Crippen molar-refractivity contribution < 1.29 is 4.74 Å². The van der Waals surface area contributed by atoms with E-state index >= 15 is 0 Å². The number of nitrogens with zero attached hydrogens (tertiary/aromatic N) is 3. The molecule has 0 unspecified atom stereocenters. The normalized spacial score (nSPS) is 26.3. The van der Waals surface area contributed by atoms with E-state index in [0.29, 0.717) is 16.8 Å². The van der Waals surface area contributed by atoms with Crippen LogP contribution in [0.2, 0.25) is 5.02 Å². The fourth-order valence-corrected chi connectivity index (χ4v) is 3.89. The molecule has 2 bridgehead atoms. The lowest BCUT2D eigenvalue weighted by Crippen LogP contribution is -2.52. The summed E-state index contributed by atoms with van der Waals surface area (Å²) in [6.45, 7) is 5.45. The van der Waals surface area contributed by atoms with Gasteiger partial charge in [0.2, 0.25) is 5.88 Å². The lowest BCUT2D eigenvalue weighted by molar-refractivity contribution is -0.0103. The minimum atomic E-state index is 0.251. The highest BCUT2D eigenvalue weighted by molar-refractivity contribution is 6.33. The van der Waals surface area contributed by atoms with Crippen LogP contribution in [0.4, 0.5) is 0 Å². The molecule has 3 aliphatic rings. The molecule has 4 heterocycles. The number of rotatable bonds is 3. The number of fused-ring (bicyclic) bond motifs is 3. The van der Waals surface area contributed by atoms with Crippen LogP contribution in [0, 0.1) is 12.8 Å². The van der Waals surface area contributed by atoms with Crippen LogP contribution in [0.25, 0.3) is 11.3 Å². The van der Waals surface area contributed by atoms with Crippen molar-refractivity contribution in [3.63, 3.8) is 0 Å². The monoisotopic (exact) mass is 329 g/mol. The summed E-state index contributed by atoms with van der Waals surface area (Å²) in [4.78, 5) is 2.47. The fraction of sp³-hybridized carbons (Fsp3) is 0.444. The number of benzene rings is 1. The van der Waals surface area contributed by atoms with E-state index in [2.05, 4.69) is 15.1 Å². The fourth-order valence-electron chi connectivity index (χ4n) is 3.55. The first kappa shape index (κ1) is 14.9. The van der Waals surface area contributed by atoms with E-state index < -0.39 is 0 Å². The van der Waals surface area contributed by atoms with Crippen LogP contribution in [-0.2, 0) is 0 Å². The van der Waals surface area contributed by atoms with Crippen molar-refractivity contribution in [1.29, 1.82) is 0 Å². The molecule has 0 spiro atoms. The SMILES string of the molecule is Cc1ccc(-c2ccc(O[C@H]3CN4CCC3CC4)nn2)c(Cl)c1. The van der Waals surface area contributed by atoms with E-state index in [-0.39, 0.29) is 6.10 Å². The maximum absolute atomic E-state index is 6.30. The third-order valence-corrected chi connectivity index (χ3v) is 5.22. The molecule has 0 amide bonds. The van der Waals surface area contributed by atoms with E-state index in [1.807, 2.05) is 37.3 Å². The summed E-state index contributed by atoms with van der Waals surface area (Å²) in [5.41, 5.74) is 2.81. The molecule has 3 saturated heterocycles. The number of aromatic nitrogens is 2. The zero-order valence-electron chi connectivity index (χ0n) is 13.2. The van der Waals surface area contributed by atoms with Gasteiger partial charge >= 0.3 is 0 Å². The summed E-state index contributed by atoms with van der Waals surface area (Å²) in [5.74, 6) is 1.27. The van der Waals surface area contributed by atoms with Gasteiger partial charge in [-0.15, -0.1) is 10.2 Å². The Balaban J connectivity index is 1.50. The summed E-state index contributed by atoms with van der Waals surface area (Å²) in [6, 6.07) is 9.78. The van der Waals surface area contributed by atoms with E-state index in [1.54, 1.807) is 0 Å². The van der Waals surface area contributed by atoms with Gasteiger partial charge in [-0.05, 0) is 56.5 Å². The molecule has 0 radical (unpaired) electrons. The lowest BCUT2D eigenvalue weighted by atomic mass is 9.86. The topological polar surface area (TPSA) is 38.2 Å². The van der Waals surface area contributed by atoms with Gasteiger partial charge in [-0.25, -0.2) is 0 Å². The zero-order chi connectivity index (χ0) is 15.8. The van der Waals surface area contributed by atoms with Gasteiger partial charge in [0.15, 0.2) is 0 Å². The summed E-state index contributed by atoms with van der Waals surface area (Å²) >= 11 is 6.30. The Labute approximate surface area is 141 Å². The molecule has 2 aromatic rings. The van der Waals surface area contributed by atoms with Gasteiger partial charge in [-0.1, -0.05) is 23.7 Å². The van der Waals surface area contributed by atoms with Crippen LogP contribution in [0.5, 0.6) is 5.88 Å². The molecule has 0 saturated carbocycles. The summed E-state index contributed by atoms with van der Waals surface area (Å²) in [6.07, 6.45) is 2.71. The van der Waals surface area contributed by atoms with Crippen LogP contribution in [0.15, 0.2) is 30.3 Å². The number of halogens is 1. The van der Waals surface area contributed by atoms with Crippen molar-refractivity contribution in [3.05, 3.63) is 40.9 Å². The van der Waals surface area contributed by atoms with E-state index in [4.69, 9.17) is 16.3 Å². The highest BCUT2D eigenvalue weighted by Gasteiger charge is 2.35. The van der Waals surface area contributed by atoms with E-state index in [1.165, 1.54) is 25.9 Å². The average Bonchev–Trinajstić information content (AvgIpc) is 2.57. The summed E-state index contributed by atoms with van der Waals surface area (Å²) in [5, 5.41) is 9.24. The third-order valence-electron chi connectivity index (χ3n) is 4.91. The van der Waals surface area contributed by atoms with E-state index in [9.17, 15) is 0 Å². The zero-order valence-corrected chi connectivity index (χ0v) is 14.0. The molecule has 4 nitrogen and oxygen atoms in total. The Hall–Kier alpha value is -1.65. The van der Waals surface area contributed by atoms with Crippen LogP contribution in [0.1, 0.15) is 18.4 Å². The molecular weight excluding hydrogens is 310 g/mol. The largest absolute Gasteiger partial charge is 0.472 e. The predicted molar refractivity (Wildman–Crippen MR) is 90.8 cm³/mol. The van der Waals surface area contributed by atoms with Crippen LogP contribution >= 0.6 is 11.6 Å². The first-order valence-corrected chi connectivity index (χ1v) is 8.56. The first-order valence-electron chi connectivity index (χ1n) is 8.18. The lowest BCUT2D eigenvalue weighted by Gasteiger charge is -2.44. The minimum absolute atomic E-state index is 0.251. The molecule has 1 aromatic heterocycles. The van der Waals surface area contributed by atoms with Crippen molar-refractivity contribution in [3.8, 4) is 17.1 Å². The highest BCUT2D eigenvalue weighted by Crippen LogP contribution is 2.31. The molecule has 1 aromatic carbocycles. The highest BCUT2D eigenvalue weighted by atomic mass is 35.5. The second kappa shape index (κ2) is 6.10. The predicted octanol–water partition coefficient (Wildman–Crippen LogP) is 3.58. The Morgan fingerprint density at radius 2 is 1.96 bits per heavy atom. The smallest absolute Gasteiger partial charge is 0.233 e. The van der Waals surface area contributed by atoms with Gasteiger partial charge in [0, 0.05) is 18.2 Å². The first-order chi connectivity index (χ1) is 11.2. The quantitative estimate of drug-likeness (QED) is 0.862. The molecule has 0 aliphatic carbocycles. The summed E-state index contributed by atoms with van der Waals surface area (Å²) in [7, 11) is 0. The molecule has 120 valence electrons. The van der Waals surface area contributed by atoms with Gasteiger partial charge in [0.05, 0.1) is 10.7 Å².